The molecule has 2 N–H and O–H groups in total. The zero-order valence-electron chi connectivity index (χ0n) is 14.4. The van der Waals surface area contributed by atoms with Gasteiger partial charge in [0.15, 0.2) is 0 Å². The van der Waals surface area contributed by atoms with Crippen molar-refractivity contribution in [2.45, 2.75) is 36.1 Å². The number of piperidine rings is 1. The van der Waals surface area contributed by atoms with Crippen molar-refractivity contribution in [3.8, 4) is 0 Å². The minimum Gasteiger partial charge on any atom is -0.327 e. The number of sulfonamides is 2. The molecular formula is C15H25N3O4S2. The van der Waals surface area contributed by atoms with Crippen LogP contribution in [0.1, 0.15) is 20.3 Å². The van der Waals surface area contributed by atoms with Crippen LogP contribution in [-0.4, -0.2) is 58.7 Å². The average Bonchev–Trinajstić information content (AvgIpc) is 2.49. The molecule has 1 atom stereocenters. The smallest absolute Gasteiger partial charge is 0.243 e. The summed E-state index contributed by atoms with van der Waals surface area (Å²) in [7, 11) is -4.39. The third-order valence-electron chi connectivity index (χ3n) is 4.52. The van der Waals surface area contributed by atoms with Gasteiger partial charge in [-0.3, -0.25) is 0 Å². The van der Waals surface area contributed by atoms with E-state index in [0.717, 1.165) is 4.31 Å². The number of benzene rings is 1. The van der Waals surface area contributed by atoms with Gasteiger partial charge in [-0.25, -0.2) is 21.1 Å². The molecule has 24 heavy (non-hydrogen) atoms. The van der Waals surface area contributed by atoms with Crippen LogP contribution in [0.5, 0.6) is 0 Å². The molecule has 0 spiro atoms. The summed E-state index contributed by atoms with van der Waals surface area (Å²) < 4.78 is 52.3. The van der Waals surface area contributed by atoms with E-state index in [4.69, 9.17) is 5.73 Å². The van der Waals surface area contributed by atoms with Gasteiger partial charge in [0.25, 0.3) is 0 Å². The zero-order chi connectivity index (χ0) is 18.3. The first-order chi connectivity index (χ1) is 10.9. The summed E-state index contributed by atoms with van der Waals surface area (Å²) in [5.41, 5.74) is 5.75. The maximum Gasteiger partial charge on any atom is 0.243 e. The molecule has 9 heteroatoms. The van der Waals surface area contributed by atoms with Gasteiger partial charge in [0.1, 0.15) is 0 Å². The summed E-state index contributed by atoms with van der Waals surface area (Å²) in [5.74, 6) is 0. The maximum absolute atomic E-state index is 12.8. The highest BCUT2D eigenvalue weighted by molar-refractivity contribution is 7.89. The molecule has 0 aliphatic carbocycles. The summed E-state index contributed by atoms with van der Waals surface area (Å²) in [6, 6.07) is 5.28. The van der Waals surface area contributed by atoms with E-state index in [0.29, 0.717) is 19.5 Å². The Hall–Kier alpha value is -1.00. The highest BCUT2D eigenvalue weighted by atomic mass is 32.2. The Morgan fingerprint density at radius 2 is 1.58 bits per heavy atom. The minimum atomic E-state index is -3.67. The van der Waals surface area contributed by atoms with Crippen molar-refractivity contribution < 1.29 is 16.8 Å². The van der Waals surface area contributed by atoms with E-state index in [9.17, 15) is 16.8 Å². The van der Waals surface area contributed by atoms with Crippen LogP contribution in [0.15, 0.2) is 34.1 Å². The molecule has 1 aromatic carbocycles. The molecule has 0 bridgehead atoms. The van der Waals surface area contributed by atoms with Gasteiger partial charge in [-0.1, -0.05) is 13.8 Å². The Labute approximate surface area is 144 Å². The number of hydrogen-bond donors (Lipinski definition) is 1. The van der Waals surface area contributed by atoms with Crippen LogP contribution in [0.25, 0.3) is 0 Å². The van der Waals surface area contributed by atoms with Gasteiger partial charge in [0.2, 0.25) is 20.0 Å². The van der Waals surface area contributed by atoms with Crippen LogP contribution in [0, 0.1) is 5.41 Å². The fraction of sp³-hybridized carbons (Fsp3) is 0.600. The molecule has 1 aliphatic rings. The predicted molar refractivity (Wildman–Crippen MR) is 92.4 cm³/mol. The lowest BCUT2D eigenvalue weighted by Gasteiger charge is -2.41. The SMILES string of the molecule is CN(C)S(=O)(=O)c1ccc(S(=O)(=O)N2CCC(N)C(C)(C)C2)cc1. The first-order valence-corrected chi connectivity index (χ1v) is 10.6. The van der Waals surface area contributed by atoms with Gasteiger partial charge < -0.3 is 5.73 Å². The second-order valence-corrected chi connectivity index (χ2v) is 11.1. The van der Waals surface area contributed by atoms with Gasteiger partial charge in [-0.05, 0) is 36.1 Å². The summed E-state index contributed by atoms with van der Waals surface area (Å²) in [6.45, 7) is 4.61. The Kier molecular flexibility index (Phi) is 5.14. The number of rotatable bonds is 4. The normalized spacial score (nSPS) is 22.7. The molecule has 0 saturated carbocycles. The molecular weight excluding hydrogens is 350 g/mol. The molecule has 1 heterocycles. The number of nitrogens with two attached hydrogens (primary N) is 1. The van der Waals surface area contributed by atoms with Gasteiger partial charge >= 0.3 is 0 Å². The largest absolute Gasteiger partial charge is 0.327 e. The van der Waals surface area contributed by atoms with E-state index >= 15 is 0 Å². The van der Waals surface area contributed by atoms with Crippen molar-refractivity contribution in [3.05, 3.63) is 24.3 Å². The van der Waals surface area contributed by atoms with Crippen molar-refractivity contribution in [1.82, 2.24) is 8.61 Å². The van der Waals surface area contributed by atoms with E-state index in [-0.39, 0.29) is 21.2 Å². The highest BCUT2D eigenvalue weighted by Gasteiger charge is 2.38. The second kappa shape index (κ2) is 6.38. The molecule has 0 amide bonds. The number of hydrogen-bond acceptors (Lipinski definition) is 5. The van der Waals surface area contributed by atoms with Crippen LogP contribution in [0.3, 0.4) is 0 Å². The quantitative estimate of drug-likeness (QED) is 0.834. The van der Waals surface area contributed by atoms with Crippen molar-refractivity contribution in [2.75, 3.05) is 27.2 Å². The molecule has 1 aromatic rings. The topological polar surface area (TPSA) is 101 Å². The summed E-state index contributed by atoms with van der Waals surface area (Å²) in [5, 5.41) is 0. The predicted octanol–water partition coefficient (Wildman–Crippen LogP) is 0.685. The molecule has 2 rings (SSSR count). The molecule has 136 valence electrons. The highest BCUT2D eigenvalue weighted by Crippen LogP contribution is 2.31. The summed E-state index contributed by atoms with van der Waals surface area (Å²) >= 11 is 0. The fourth-order valence-electron chi connectivity index (χ4n) is 2.67. The molecule has 0 aromatic heterocycles. The zero-order valence-corrected chi connectivity index (χ0v) is 16.1. The minimum absolute atomic E-state index is 0.0449. The first-order valence-electron chi connectivity index (χ1n) is 7.67. The van der Waals surface area contributed by atoms with E-state index in [1.807, 2.05) is 13.8 Å². The van der Waals surface area contributed by atoms with E-state index in [1.165, 1.54) is 42.7 Å². The molecule has 1 aliphatic heterocycles. The van der Waals surface area contributed by atoms with Gasteiger partial charge in [-0.2, -0.15) is 4.31 Å². The fourth-order valence-corrected chi connectivity index (χ4v) is 5.20. The molecule has 1 fully saturated rings. The Morgan fingerprint density at radius 1 is 1.08 bits per heavy atom. The molecule has 1 saturated heterocycles. The lowest BCUT2D eigenvalue weighted by Crippen LogP contribution is -2.53. The molecule has 0 radical (unpaired) electrons. The van der Waals surface area contributed by atoms with Gasteiger partial charge in [0.05, 0.1) is 9.79 Å². The van der Waals surface area contributed by atoms with Gasteiger partial charge in [-0.15, -0.1) is 0 Å². The van der Waals surface area contributed by atoms with E-state index in [1.54, 1.807) is 0 Å². The van der Waals surface area contributed by atoms with Crippen molar-refractivity contribution in [1.29, 1.82) is 0 Å². The number of nitrogens with zero attached hydrogens (tertiary/aromatic N) is 2. The summed E-state index contributed by atoms with van der Waals surface area (Å²) in [6.07, 6.45) is 0.597. The third-order valence-corrected chi connectivity index (χ3v) is 8.21. The second-order valence-electron chi connectivity index (χ2n) is 6.98. The van der Waals surface area contributed by atoms with E-state index in [2.05, 4.69) is 0 Å². The van der Waals surface area contributed by atoms with Crippen LogP contribution in [-0.2, 0) is 20.0 Å². The molecule has 1 unspecified atom stereocenters. The monoisotopic (exact) mass is 375 g/mol. The Balaban J connectivity index is 2.31. The first kappa shape index (κ1) is 19.3. The average molecular weight is 376 g/mol. The van der Waals surface area contributed by atoms with Crippen LogP contribution >= 0.6 is 0 Å². The van der Waals surface area contributed by atoms with E-state index < -0.39 is 20.0 Å². The Morgan fingerprint density at radius 3 is 2.04 bits per heavy atom. The van der Waals surface area contributed by atoms with Gasteiger partial charge in [0, 0.05) is 33.2 Å². The van der Waals surface area contributed by atoms with Crippen LogP contribution in [0.2, 0.25) is 0 Å². The maximum atomic E-state index is 12.8. The summed E-state index contributed by atoms with van der Waals surface area (Å²) in [4.78, 5) is 0.152. The Bertz CT molecular complexity index is 800. The van der Waals surface area contributed by atoms with Crippen LogP contribution < -0.4 is 5.73 Å². The standard InChI is InChI=1S/C15H25N3O4S2/c1-15(2)11-18(10-9-14(15)16)24(21,22)13-7-5-12(6-8-13)23(19,20)17(3)4/h5-8,14H,9-11,16H2,1-4H3. The van der Waals surface area contributed by atoms with Crippen molar-refractivity contribution >= 4 is 20.0 Å². The lowest BCUT2D eigenvalue weighted by molar-refractivity contribution is 0.155. The van der Waals surface area contributed by atoms with Crippen molar-refractivity contribution in [3.63, 3.8) is 0 Å². The van der Waals surface area contributed by atoms with Crippen LogP contribution in [0.4, 0.5) is 0 Å². The van der Waals surface area contributed by atoms with Crippen molar-refractivity contribution in [2.24, 2.45) is 11.1 Å². The molecule has 7 nitrogen and oxygen atoms in total. The lowest BCUT2D eigenvalue weighted by atomic mass is 9.81. The third kappa shape index (κ3) is 3.50.